The van der Waals surface area contributed by atoms with Crippen LogP contribution in [-0.2, 0) is 21.4 Å². The zero-order valence-electron chi connectivity index (χ0n) is 16.4. The minimum absolute atomic E-state index is 0.140. The summed E-state index contributed by atoms with van der Waals surface area (Å²) in [6.07, 6.45) is 6.51. The van der Waals surface area contributed by atoms with Crippen LogP contribution in [-0.4, -0.2) is 46.5 Å². The summed E-state index contributed by atoms with van der Waals surface area (Å²) < 4.78 is 28.8. The molecule has 2 aromatic heterocycles. The summed E-state index contributed by atoms with van der Waals surface area (Å²) >= 11 is 0. The van der Waals surface area contributed by atoms with Gasteiger partial charge in [0.2, 0.25) is 15.9 Å². The van der Waals surface area contributed by atoms with Crippen LogP contribution in [0.1, 0.15) is 18.4 Å². The summed E-state index contributed by atoms with van der Waals surface area (Å²) in [5, 5.41) is 7.04. The number of aromatic nitrogens is 3. The molecule has 1 aliphatic rings. The van der Waals surface area contributed by atoms with Crippen LogP contribution in [0.2, 0.25) is 0 Å². The number of sulfonamides is 1. The van der Waals surface area contributed by atoms with Gasteiger partial charge in [-0.05, 0) is 42.7 Å². The molecule has 8 nitrogen and oxygen atoms in total. The zero-order valence-corrected chi connectivity index (χ0v) is 17.2. The smallest absolute Gasteiger partial charge is 0.243 e. The number of pyridine rings is 1. The van der Waals surface area contributed by atoms with E-state index < -0.39 is 10.0 Å². The number of rotatable bonds is 6. The van der Waals surface area contributed by atoms with Gasteiger partial charge in [0, 0.05) is 38.2 Å². The van der Waals surface area contributed by atoms with Gasteiger partial charge in [-0.1, -0.05) is 24.3 Å². The molecule has 30 heavy (non-hydrogen) atoms. The van der Waals surface area contributed by atoms with E-state index in [1.807, 2.05) is 24.4 Å². The molecule has 0 aliphatic carbocycles. The molecule has 3 aromatic rings. The van der Waals surface area contributed by atoms with E-state index in [0.717, 1.165) is 5.56 Å². The predicted molar refractivity (Wildman–Crippen MR) is 111 cm³/mol. The molecule has 1 unspecified atom stereocenters. The van der Waals surface area contributed by atoms with Crippen LogP contribution in [0.4, 0.5) is 0 Å². The largest absolute Gasteiger partial charge is 0.352 e. The summed E-state index contributed by atoms with van der Waals surface area (Å²) in [5.41, 5.74) is 0.865. The summed E-state index contributed by atoms with van der Waals surface area (Å²) in [4.78, 5) is 17.3. The Balaban J connectivity index is 1.35. The van der Waals surface area contributed by atoms with Crippen LogP contribution in [0, 0.1) is 5.92 Å². The minimum Gasteiger partial charge on any atom is -0.352 e. The molecule has 3 heterocycles. The molecule has 0 spiro atoms. The highest BCUT2D eigenvalue weighted by atomic mass is 32.2. The molecule has 1 aromatic carbocycles. The molecular formula is C21H23N5O3S. The number of carbonyl (C=O) groups is 1. The van der Waals surface area contributed by atoms with Crippen molar-refractivity contribution in [2.75, 3.05) is 13.1 Å². The lowest BCUT2D eigenvalue weighted by Gasteiger charge is -2.31. The van der Waals surface area contributed by atoms with E-state index in [0.29, 0.717) is 31.7 Å². The number of benzene rings is 1. The first-order valence-corrected chi connectivity index (χ1v) is 11.3. The fourth-order valence-electron chi connectivity index (χ4n) is 3.51. The van der Waals surface area contributed by atoms with Crippen molar-refractivity contribution in [2.45, 2.75) is 24.3 Å². The van der Waals surface area contributed by atoms with E-state index in [4.69, 9.17) is 0 Å². The maximum Gasteiger partial charge on any atom is 0.243 e. The van der Waals surface area contributed by atoms with Gasteiger partial charge in [0.05, 0.1) is 10.8 Å². The number of hydrogen-bond acceptors (Lipinski definition) is 5. The van der Waals surface area contributed by atoms with Gasteiger partial charge in [-0.25, -0.2) is 18.1 Å². The molecule has 1 amide bonds. The first-order valence-electron chi connectivity index (χ1n) is 9.82. The third-order valence-electron chi connectivity index (χ3n) is 5.15. The molecule has 9 heteroatoms. The Morgan fingerprint density at radius 2 is 1.97 bits per heavy atom. The van der Waals surface area contributed by atoms with E-state index in [9.17, 15) is 13.2 Å². The first kappa shape index (κ1) is 20.2. The van der Waals surface area contributed by atoms with Crippen LogP contribution in [0.15, 0.2) is 72.0 Å². The summed E-state index contributed by atoms with van der Waals surface area (Å²) in [6.45, 7) is 0.965. The number of carbonyl (C=O) groups excluding carboxylic acids is 1. The fourth-order valence-corrected chi connectivity index (χ4v) is 5.06. The van der Waals surface area contributed by atoms with E-state index >= 15 is 0 Å². The normalized spacial score (nSPS) is 17.5. The lowest BCUT2D eigenvalue weighted by molar-refractivity contribution is -0.126. The third-order valence-corrected chi connectivity index (χ3v) is 7.03. The highest BCUT2D eigenvalue weighted by molar-refractivity contribution is 7.89. The Kier molecular flexibility index (Phi) is 5.91. The molecule has 156 valence electrons. The van der Waals surface area contributed by atoms with E-state index in [1.165, 1.54) is 4.31 Å². The van der Waals surface area contributed by atoms with Gasteiger partial charge in [-0.15, -0.1) is 0 Å². The molecular weight excluding hydrogens is 402 g/mol. The Morgan fingerprint density at radius 1 is 1.13 bits per heavy atom. The van der Waals surface area contributed by atoms with Crippen molar-refractivity contribution < 1.29 is 13.2 Å². The second kappa shape index (κ2) is 8.76. The Hall–Kier alpha value is -3.04. The van der Waals surface area contributed by atoms with Gasteiger partial charge < -0.3 is 5.32 Å². The first-order chi connectivity index (χ1) is 14.5. The summed E-state index contributed by atoms with van der Waals surface area (Å²) in [6, 6.07) is 13.9. The molecule has 4 rings (SSSR count). The van der Waals surface area contributed by atoms with Gasteiger partial charge in [0.25, 0.3) is 0 Å². The number of amides is 1. The number of nitrogens with one attached hydrogen (secondary N) is 1. The Labute approximate surface area is 175 Å². The van der Waals surface area contributed by atoms with Crippen molar-refractivity contribution >= 4 is 15.9 Å². The molecule has 0 saturated carbocycles. The fraction of sp³-hybridized carbons (Fsp3) is 0.286. The van der Waals surface area contributed by atoms with E-state index in [1.54, 1.807) is 47.4 Å². The summed E-state index contributed by atoms with van der Waals surface area (Å²) in [7, 11) is -3.59. The van der Waals surface area contributed by atoms with Gasteiger partial charge in [-0.2, -0.15) is 9.40 Å². The topological polar surface area (TPSA) is 97.2 Å². The van der Waals surface area contributed by atoms with Crippen molar-refractivity contribution in [1.29, 1.82) is 0 Å². The molecule has 0 bridgehead atoms. The molecule has 1 saturated heterocycles. The minimum atomic E-state index is -3.59. The number of hydrogen-bond donors (Lipinski definition) is 1. The number of piperidine rings is 1. The third kappa shape index (κ3) is 4.42. The standard InChI is InChI=1S/C21H23N5O3S/c27-21(23-15-17-9-10-20(22-14-17)26-13-5-11-24-26)18-6-4-12-25(16-18)30(28,29)19-7-2-1-3-8-19/h1-3,5,7-11,13-14,18H,4,6,12,15-16H2,(H,23,27). The van der Waals surface area contributed by atoms with Crippen molar-refractivity contribution in [2.24, 2.45) is 5.92 Å². The van der Waals surface area contributed by atoms with Crippen molar-refractivity contribution in [1.82, 2.24) is 24.4 Å². The second-order valence-electron chi connectivity index (χ2n) is 7.21. The molecule has 0 radical (unpaired) electrons. The van der Waals surface area contributed by atoms with E-state index in [-0.39, 0.29) is 23.3 Å². The second-order valence-corrected chi connectivity index (χ2v) is 9.15. The van der Waals surface area contributed by atoms with Gasteiger partial charge in [0.1, 0.15) is 0 Å². The van der Waals surface area contributed by atoms with Crippen LogP contribution in [0.5, 0.6) is 0 Å². The lowest BCUT2D eigenvalue weighted by Crippen LogP contribution is -2.45. The van der Waals surface area contributed by atoms with Crippen LogP contribution < -0.4 is 5.32 Å². The average molecular weight is 426 g/mol. The van der Waals surface area contributed by atoms with Crippen LogP contribution in [0.25, 0.3) is 5.82 Å². The average Bonchev–Trinajstić information content (AvgIpc) is 3.33. The van der Waals surface area contributed by atoms with Crippen LogP contribution in [0.3, 0.4) is 0 Å². The monoisotopic (exact) mass is 425 g/mol. The Morgan fingerprint density at radius 3 is 2.67 bits per heavy atom. The van der Waals surface area contributed by atoms with Gasteiger partial charge in [-0.3, -0.25) is 4.79 Å². The quantitative estimate of drug-likeness (QED) is 0.651. The van der Waals surface area contributed by atoms with Gasteiger partial charge >= 0.3 is 0 Å². The van der Waals surface area contributed by atoms with Crippen molar-refractivity contribution in [3.05, 3.63) is 72.7 Å². The maximum atomic E-state index is 12.8. The number of nitrogens with zero attached hydrogens (tertiary/aromatic N) is 4. The van der Waals surface area contributed by atoms with Crippen LogP contribution >= 0.6 is 0 Å². The van der Waals surface area contributed by atoms with Crippen molar-refractivity contribution in [3.63, 3.8) is 0 Å². The SMILES string of the molecule is O=C(NCc1ccc(-n2cccn2)nc1)C1CCCN(S(=O)(=O)c2ccccc2)C1. The van der Waals surface area contributed by atoms with E-state index in [2.05, 4.69) is 15.4 Å². The van der Waals surface area contributed by atoms with Gasteiger partial charge in [0.15, 0.2) is 5.82 Å². The summed E-state index contributed by atoms with van der Waals surface area (Å²) in [5.74, 6) is 0.191. The maximum absolute atomic E-state index is 12.8. The highest BCUT2D eigenvalue weighted by Gasteiger charge is 2.33. The molecule has 1 N–H and O–H groups in total. The zero-order chi connectivity index (χ0) is 21.0. The predicted octanol–water partition coefficient (Wildman–Crippen LogP) is 1.98. The molecule has 1 atom stereocenters. The Bertz CT molecular complexity index is 1080. The molecule has 1 aliphatic heterocycles. The molecule has 1 fully saturated rings. The van der Waals surface area contributed by atoms with Crippen molar-refractivity contribution in [3.8, 4) is 5.82 Å². The highest BCUT2D eigenvalue weighted by Crippen LogP contribution is 2.23. The lowest BCUT2D eigenvalue weighted by atomic mass is 9.99.